The minimum atomic E-state index is -0.334. The topological polar surface area (TPSA) is 15.3 Å². The van der Waals surface area contributed by atoms with Crippen LogP contribution in [-0.2, 0) is 0 Å². The lowest BCUT2D eigenvalue weighted by Gasteiger charge is -2.39. The van der Waals surface area contributed by atoms with Gasteiger partial charge in [-0.3, -0.25) is 4.90 Å². The van der Waals surface area contributed by atoms with E-state index in [4.69, 9.17) is 23.2 Å². The molecule has 1 aromatic carbocycles. The van der Waals surface area contributed by atoms with Gasteiger partial charge >= 0.3 is 0 Å². The molecule has 2 aliphatic rings. The van der Waals surface area contributed by atoms with Crippen LogP contribution in [0.25, 0.3) is 0 Å². The van der Waals surface area contributed by atoms with Crippen molar-refractivity contribution in [1.82, 2.24) is 10.2 Å². The van der Waals surface area contributed by atoms with Crippen molar-refractivity contribution < 1.29 is 4.39 Å². The zero-order valence-electron chi connectivity index (χ0n) is 12.5. The number of benzene rings is 1. The molecule has 1 aromatic rings. The van der Waals surface area contributed by atoms with Crippen LogP contribution in [0.15, 0.2) is 12.1 Å². The highest BCUT2D eigenvalue weighted by Crippen LogP contribution is 2.43. The number of hydrogen-bond acceptors (Lipinski definition) is 2. The summed E-state index contributed by atoms with van der Waals surface area (Å²) in [6, 6.07) is 3.33. The van der Waals surface area contributed by atoms with Gasteiger partial charge in [-0.05, 0) is 30.9 Å². The monoisotopic (exact) mass is 366 g/mol. The average molecular weight is 368 g/mol. The molecule has 124 valence electrons. The standard InChI is InChI=1S/C16H21Cl2FN2.ClH/c17-12-5-6-13(18)15(19)14(12)16(11-3-1-2-4-11)21-9-7-20-8-10-21;/h5-6,11,16,20H,1-4,7-10H2;1H/t16-;/m1./s1. The highest BCUT2D eigenvalue weighted by molar-refractivity contribution is 6.33. The molecule has 22 heavy (non-hydrogen) atoms. The van der Waals surface area contributed by atoms with Gasteiger partial charge in [-0.1, -0.05) is 36.0 Å². The van der Waals surface area contributed by atoms with Gasteiger partial charge in [0.2, 0.25) is 0 Å². The maximum absolute atomic E-state index is 14.7. The van der Waals surface area contributed by atoms with Gasteiger partial charge in [-0.2, -0.15) is 0 Å². The molecule has 1 saturated carbocycles. The summed E-state index contributed by atoms with van der Waals surface area (Å²) in [7, 11) is 0. The van der Waals surface area contributed by atoms with Gasteiger partial charge in [-0.25, -0.2) is 4.39 Å². The average Bonchev–Trinajstić information content (AvgIpc) is 3.02. The Kier molecular flexibility index (Phi) is 6.78. The smallest absolute Gasteiger partial charge is 0.148 e. The summed E-state index contributed by atoms with van der Waals surface area (Å²) in [4.78, 5) is 2.38. The molecule has 6 heteroatoms. The number of nitrogens with one attached hydrogen (secondary N) is 1. The van der Waals surface area contributed by atoms with Gasteiger partial charge in [0.1, 0.15) is 5.82 Å². The maximum Gasteiger partial charge on any atom is 0.148 e. The first-order valence-corrected chi connectivity index (χ1v) is 8.52. The van der Waals surface area contributed by atoms with Crippen LogP contribution in [0.5, 0.6) is 0 Å². The van der Waals surface area contributed by atoms with Crippen molar-refractivity contribution in [2.75, 3.05) is 26.2 Å². The van der Waals surface area contributed by atoms with E-state index in [1.807, 2.05) is 0 Å². The number of rotatable bonds is 3. The summed E-state index contributed by atoms with van der Waals surface area (Å²) in [5.74, 6) is 0.146. The van der Waals surface area contributed by atoms with Gasteiger partial charge in [0.05, 0.1) is 5.02 Å². The first kappa shape index (κ1) is 18.3. The number of piperazine rings is 1. The number of halogens is 4. The van der Waals surface area contributed by atoms with Crippen LogP contribution in [0.4, 0.5) is 4.39 Å². The molecule has 0 bridgehead atoms. The van der Waals surface area contributed by atoms with E-state index in [1.165, 1.54) is 12.8 Å². The third-order valence-electron chi connectivity index (χ3n) is 4.77. The quantitative estimate of drug-likeness (QED) is 0.780. The minimum Gasteiger partial charge on any atom is -0.314 e. The number of hydrogen-bond donors (Lipinski definition) is 1. The second-order valence-electron chi connectivity index (χ2n) is 6.03. The van der Waals surface area contributed by atoms with Gasteiger partial charge in [0, 0.05) is 42.8 Å². The third kappa shape index (κ3) is 3.70. The lowest BCUT2D eigenvalue weighted by molar-refractivity contribution is 0.122. The molecule has 2 nitrogen and oxygen atoms in total. The third-order valence-corrected chi connectivity index (χ3v) is 5.39. The van der Waals surface area contributed by atoms with Crippen LogP contribution in [0.2, 0.25) is 10.0 Å². The predicted octanol–water partition coefficient (Wildman–Crippen LogP) is 4.69. The molecular formula is C16H22Cl3FN2. The molecule has 1 N–H and O–H groups in total. The number of nitrogens with zero attached hydrogens (tertiary/aromatic N) is 1. The van der Waals surface area contributed by atoms with E-state index < -0.39 is 0 Å². The van der Waals surface area contributed by atoms with Crippen LogP contribution in [0.1, 0.15) is 37.3 Å². The van der Waals surface area contributed by atoms with Gasteiger partial charge in [0.25, 0.3) is 0 Å². The molecule has 1 aliphatic heterocycles. The van der Waals surface area contributed by atoms with Crippen molar-refractivity contribution in [3.63, 3.8) is 0 Å². The second-order valence-corrected chi connectivity index (χ2v) is 6.85. The molecule has 0 aromatic heterocycles. The van der Waals surface area contributed by atoms with Crippen molar-refractivity contribution in [3.05, 3.63) is 33.6 Å². The summed E-state index contributed by atoms with van der Waals surface area (Å²) in [6.07, 6.45) is 4.76. The zero-order chi connectivity index (χ0) is 14.8. The van der Waals surface area contributed by atoms with Crippen LogP contribution < -0.4 is 5.32 Å². The molecule has 1 heterocycles. The van der Waals surface area contributed by atoms with Crippen LogP contribution in [0, 0.1) is 11.7 Å². The second kappa shape index (κ2) is 8.16. The molecule has 0 spiro atoms. The molecule has 0 radical (unpaired) electrons. The Labute approximate surface area is 147 Å². The SMILES string of the molecule is Cl.Fc1c(Cl)ccc(Cl)c1[C@@H](C1CCCC1)N1CCNCC1. The van der Waals surface area contributed by atoms with E-state index in [1.54, 1.807) is 12.1 Å². The van der Waals surface area contributed by atoms with E-state index in [-0.39, 0.29) is 29.3 Å². The van der Waals surface area contributed by atoms with Crippen molar-refractivity contribution in [3.8, 4) is 0 Å². The molecule has 0 unspecified atom stereocenters. The van der Waals surface area contributed by atoms with Crippen molar-refractivity contribution in [1.29, 1.82) is 0 Å². The summed E-state index contributed by atoms with van der Waals surface area (Å²) in [5, 5.41) is 4.04. The fourth-order valence-corrected chi connectivity index (χ4v) is 4.19. The maximum atomic E-state index is 14.7. The zero-order valence-corrected chi connectivity index (χ0v) is 14.8. The van der Waals surface area contributed by atoms with Gasteiger partial charge < -0.3 is 5.32 Å². The minimum absolute atomic E-state index is 0. The Morgan fingerprint density at radius 1 is 1.09 bits per heavy atom. The highest BCUT2D eigenvalue weighted by atomic mass is 35.5. The molecule has 1 aliphatic carbocycles. The van der Waals surface area contributed by atoms with E-state index in [0.717, 1.165) is 39.0 Å². The molecule has 0 amide bonds. The summed E-state index contributed by atoms with van der Waals surface area (Å²) < 4.78 is 14.7. The fraction of sp³-hybridized carbons (Fsp3) is 0.625. The molecule has 2 fully saturated rings. The van der Waals surface area contributed by atoms with E-state index >= 15 is 0 Å². The van der Waals surface area contributed by atoms with Crippen molar-refractivity contribution in [2.45, 2.75) is 31.7 Å². The Bertz CT molecular complexity index is 500. The van der Waals surface area contributed by atoms with E-state index in [0.29, 0.717) is 16.5 Å². The first-order valence-electron chi connectivity index (χ1n) is 7.76. The first-order chi connectivity index (χ1) is 10.2. The Balaban J connectivity index is 0.00000176. The Morgan fingerprint density at radius 3 is 2.32 bits per heavy atom. The molecule has 1 atom stereocenters. The van der Waals surface area contributed by atoms with E-state index in [9.17, 15) is 4.39 Å². The Morgan fingerprint density at radius 2 is 1.68 bits per heavy atom. The van der Waals surface area contributed by atoms with Crippen LogP contribution in [0.3, 0.4) is 0 Å². The predicted molar refractivity (Wildman–Crippen MR) is 92.8 cm³/mol. The molecular weight excluding hydrogens is 346 g/mol. The lowest BCUT2D eigenvalue weighted by atomic mass is 9.89. The van der Waals surface area contributed by atoms with E-state index in [2.05, 4.69) is 10.2 Å². The van der Waals surface area contributed by atoms with Crippen molar-refractivity contribution in [2.24, 2.45) is 5.92 Å². The Hall–Kier alpha value is -0.0600. The summed E-state index contributed by atoms with van der Waals surface area (Å²) in [5.41, 5.74) is 0.609. The molecule has 1 saturated heterocycles. The van der Waals surface area contributed by atoms with Gasteiger partial charge in [-0.15, -0.1) is 12.4 Å². The largest absolute Gasteiger partial charge is 0.314 e. The van der Waals surface area contributed by atoms with Crippen LogP contribution >= 0.6 is 35.6 Å². The van der Waals surface area contributed by atoms with Crippen LogP contribution in [-0.4, -0.2) is 31.1 Å². The lowest BCUT2D eigenvalue weighted by Crippen LogP contribution is -2.47. The van der Waals surface area contributed by atoms with Gasteiger partial charge in [0.15, 0.2) is 0 Å². The van der Waals surface area contributed by atoms with Crippen molar-refractivity contribution >= 4 is 35.6 Å². The normalized spacial score (nSPS) is 21.6. The summed E-state index contributed by atoms with van der Waals surface area (Å²) in [6.45, 7) is 3.76. The summed E-state index contributed by atoms with van der Waals surface area (Å²) >= 11 is 12.4. The fourth-order valence-electron chi connectivity index (χ4n) is 3.76. The molecule has 3 rings (SSSR count). The highest BCUT2D eigenvalue weighted by Gasteiger charge is 2.35.